The molecular weight excluding hydrogens is 435 g/mol. The van der Waals surface area contributed by atoms with Crippen LogP contribution in [0.2, 0.25) is 0 Å². The molecule has 0 radical (unpaired) electrons. The number of likely N-dealkylation sites (N-methyl/N-ethyl adjacent to an activating group) is 1. The van der Waals surface area contributed by atoms with Crippen molar-refractivity contribution in [1.29, 1.82) is 0 Å². The number of rotatable bonds is 7. The van der Waals surface area contributed by atoms with Crippen LogP contribution >= 0.6 is 23.6 Å². The molecule has 0 aliphatic carbocycles. The van der Waals surface area contributed by atoms with E-state index in [1.54, 1.807) is 28.0 Å². The van der Waals surface area contributed by atoms with E-state index in [-0.39, 0.29) is 18.9 Å². The predicted octanol–water partition coefficient (Wildman–Crippen LogP) is 4.71. The predicted molar refractivity (Wildman–Crippen MR) is 113 cm³/mol. The molecule has 11 heteroatoms. The number of hydrogen-bond donors (Lipinski definition) is 1. The van der Waals surface area contributed by atoms with E-state index in [0.29, 0.717) is 11.3 Å². The lowest BCUT2D eigenvalue weighted by molar-refractivity contribution is -0.137. The quantitative estimate of drug-likeness (QED) is 0.525. The molecule has 2 heterocycles. The molecule has 0 spiro atoms. The number of carbonyl (C=O) groups excluding carboxylic acids is 1. The van der Waals surface area contributed by atoms with Gasteiger partial charge < -0.3 is 5.32 Å². The summed E-state index contributed by atoms with van der Waals surface area (Å²) < 4.78 is 43.3. The first-order valence-corrected chi connectivity index (χ1v) is 10.4. The second kappa shape index (κ2) is 9.11. The number of amides is 1. The summed E-state index contributed by atoms with van der Waals surface area (Å²) in [5.41, 5.74) is -1.15. The second-order valence-corrected chi connectivity index (χ2v) is 7.89. The van der Waals surface area contributed by atoms with E-state index in [4.69, 9.17) is 12.2 Å². The van der Waals surface area contributed by atoms with Crippen molar-refractivity contribution in [3.8, 4) is 10.7 Å². The van der Waals surface area contributed by atoms with Gasteiger partial charge in [0.25, 0.3) is 0 Å². The maximum atomic E-state index is 13.1. The third-order valence-electron chi connectivity index (χ3n) is 4.28. The summed E-state index contributed by atoms with van der Waals surface area (Å²) in [5, 5.41) is 8.85. The molecule has 0 saturated carbocycles. The van der Waals surface area contributed by atoms with E-state index >= 15 is 0 Å². The monoisotopic (exact) mass is 455 g/mol. The number of halogens is 3. The van der Waals surface area contributed by atoms with Crippen LogP contribution in [0, 0.1) is 4.77 Å². The minimum absolute atomic E-state index is 0.124. The number of benzene rings is 1. The topological polar surface area (TPSA) is 55.1 Å². The zero-order valence-corrected chi connectivity index (χ0v) is 17.9. The molecule has 0 fully saturated rings. The van der Waals surface area contributed by atoms with E-state index < -0.39 is 17.6 Å². The lowest BCUT2D eigenvalue weighted by atomic mass is 10.1. The van der Waals surface area contributed by atoms with Gasteiger partial charge in [-0.2, -0.15) is 13.2 Å². The fraction of sp³-hybridized carbons (Fsp3) is 0.316. The van der Waals surface area contributed by atoms with Gasteiger partial charge in [0.1, 0.15) is 0 Å². The number of alkyl halides is 3. The van der Waals surface area contributed by atoms with Crippen LogP contribution in [0.3, 0.4) is 0 Å². The number of nitrogens with one attached hydrogen (secondary N) is 1. The van der Waals surface area contributed by atoms with Gasteiger partial charge in [0, 0.05) is 6.54 Å². The molecule has 3 aromatic rings. The average molecular weight is 456 g/mol. The Morgan fingerprint density at radius 2 is 2.00 bits per heavy atom. The summed E-state index contributed by atoms with van der Waals surface area (Å²) in [4.78, 5) is 14.9. The molecule has 3 rings (SSSR count). The third-order valence-corrected chi connectivity index (χ3v) is 5.57. The number of thiophene rings is 1. The first-order chi connectivity index (χ1) is 14.2. The number of anilines is 1. The lowest BCUT2D eigenvalue weighted by Crippen LogP contribution is -2.32. The van der Waals surface area contributed by atoms with E-state index in [0.717, 1.165) is 16.8 Å². The van der Waals surface area contributed by atoms with Crippen molar-refractivity contribution < 1.29 is 18.0 Å². The highest BCUT2D eigenvalue weighted by molar-refractivity contribution is 7.71. The Morgan fingerprint density at radius 1 is 1.27 bits per heavy atom. The highest BCUT2D eigenvalue weighted by Gasteiger charge is 2.33. The van der Waals surface area contributed by atoms with Gasteiger partial charge in [0.2, 0.25) is 5.91 Å². The maximum absolute atomic E-state index is 13.1. The summed E-state index contributed by atoms with van der Waals surface area (Å²) in [7, 11) is 1.67. The second-order valence-electron chi connectivity index (χ2n) is 6.57. The molecule has 0 saturated heterocycles. The van der Waals surface area contributed by atoms with Gasteiger partial charge in [0.15, 0.2) is 10.6 Å². The molecular formula is C19H20F3N5OS2. The van der Waals surface area contributed by atoms with Crippen LogP contribution in [0.1, 0.15) is 12.5 Å². The van der Waals surface area contributed by atoms with Crippen molar-refractivity contribution in [2.75, 3.05) is 18.9 Å². The number of para-hydroxylation sites is 1. The third kappa shape index (κ3) is 4.97. The van der Waals surface area contributed by atoms with Crippen LogP contribution in [0.4, 0.5) is 18.9 Å². The molecule has 2 aromatic heterocycles. The summed E-state index contributed by atoms with van der Waals surface area (Å²) in [5.74, 6) is 0.184. The Labute approximate surface area is 180 Å². The Morgan fingerprint density at radius 3 is 2.63 bits per heavy atom. The Hall–Kier alpha value is -2.50. The average Bonchev–Trinajstić information content (AvgIpc) is 3.29. The van der Waals surface area contributed by atoms with Gasteiger partial charge in [-0.15, -0.1) is 16.4 Å². The standard InChI is InChI=1S/C19H20F3N5OS2/c1-3-26-17(15-9-6-10-30-15)24-27(18(26)29)12-25(2)11-16(28)23-14-8-5-4-7-13(14)19(20,21)22/h4-10H,3,11-12H2,1-2H3,(H,23,28). The van der Waals surface area contributed by atoms with Gasteiger partial charge >= 0.3 is 6.18 Å². The highest BCUT2D eigenvalue weighted by atomic mass is 32.1. The van der Waals surface area contributed by atoms with Crippen molar-refractivity contribution in [3.63, 3.8) is 0 Å². The Kier molecular flexibility index (Phi) is 6.74. The maximum Gasteiger partial charge on any atom is 0.418 e. The molecule has 0 atom stereocenters. The number of aromatic nitrogens is 3. The van der Waals surface area contributed by atoms with Crippen LogP contribution in [0.25, 0.3) is 10.7 Å². The Balaban J connectivity index is 1.70. The highest BCUT2D eigenvalue weighted by Crippen LogP contribution is 2.34. The fourth-order valence-corrected chi connectivity index (χ4v) is 3.99. The minimum Gasteiger partial charge on any atom is -0.324 e. The molecule has 6 nitrogen and oxygen atoms in total. The van der Waals surface area contributed by atoms with Crippen LogP contribution in [0.15, 0.2) is 41.8 Å². The summed E-state index contributed by atoms with van der Waals surface area (Å²) in [6.07, 6.45) is -4.55. The SMILES string of the molecule is CCn1c(-c2cccs2)nn(CN(C)CC(=O)Nc2ccccc2C(F)(F)F)c1=S. The normalized spacial score (nSPS) is 11.8. The number of hydrogen-bond acceptors (Lipinski definition) is 5. The largest absolute Gasteiger partial charge is 0.418 e. The van der Waals surface area contributed by atoms with Crippen LogP contribution in [-0.2, 0) is 24.2 Å². The van der Waals surface area contributed by atoms with Gasteiger partial charge in [-0.25, -0.2) is 4.68 Å². The van der Waals surface area contributed by atoms with E-state index in [1.165, 1.54) is 18.2 Å². The molecule has 0 aliphatic heterocycles. The van der Waals surface area contributed by atoms with Crippen molar-refractivity contribution in [2.24, 2.45) is 0 Å². The summed E-state index contributed by atoms with van der Waals surface area (Å²) in [6, 6.07) is 8.76. The zero-order valence-electron chi connectivity index (χ0n) is 16.3. The van der Waals surface area contributed by atoms with E-state index in [9.17, 15) is 18.0 Å². The molecule has 0 unspecified atom stereocenters. The van der Waals surface area contributed by atoms with Gasteiger partial charge in [-0.3, -0.25) is 14.3 Å². The van der Waals surface area contributed by atoms with Crippen molar-refractivity contribution in [2.45, 2.75) is 26.3 Å². The first kappa shape index (κ1) is 22.2. The summed E-state index contributed by atoms with van der Waals surface area (Å²) in [6.45, 7) is 2.71. The van der Waals surface area contributed by atoms with Crippen molar-refractivity contribution >= 4 is 35.1 Å². The summed E-state index contributed by atoms with van der Waals surface area (Å²) >= 11 is 7.05. The minimum atomic E-state index is -4.55. The van der Waals surface area contributed by atoms with E-state index in [2.05, 4.69) is 10.4 Å². The van der Waals surface area contributed by atoms with E-state index in [1.807, 2.05) is 29.0 Å². The molecule has 1 amide bonds. The molecule has 1 aromatic carbocycles. The molecule has 1 N–H and O–H groups in total. The zero-order chi connectivity index (χ0) is 21.9. The van der Waals surface area contributed by atoms with Crippen LogP contribution in [-0.4, -0.2) is 38.7 Å². The fourth-order valence-electron chi connectivity index (χ4n) is 2.96. The van der Waals surface area contributed by atoms with Gasteiger partial charge in [0.05, 0.1) is 29.3 Å². The number of carbonyl (C=O) groups is 1. The lowest BCUT2D eigenvalue weighted by Gasteiger charge is -2.17. The number of nitrogens with zero attached hydrogens (tertiary/aromatic N) is 4. The van der Waals surface area contributed by atoms with Gasteiger partial charge in [-0.1, -0.05) is 18.2 Å². The van der Waals surface area contributed by atoms with Gasteiger partial charge in [-0.05, 0) is 49.8 Å². The van der Waals surface area contributed by atoms with Crippen molar-refractivity contribution in [1.82, 2.24) is 19.2 Å². The Bertz CT molecular complexity index is 1070. The van der Waals surface area contributed by atoms with Crippen molar-refractivity contribution in [3.05, 3.63) is 52.1 Å². The molecule has 160 valence electrons. The molecule has 30 heavy (non-hydrogen) atoms. The first-order valence-electron chi connectivity index (χ1n) is 9.06. The molecule has 0 aliphatic rings. The van der Waals surface area contributed by atoms with Crippen LogP contribution in [0.5, 0.6) is 0 Å². The molecule has 0 bridgehead atoms. The van der Waals surface area contributed by atoms with Crippen LogP contribution < -0.4 is 5.32 Å². The smallest absolute Gasteiger partial charge is 0.324 e.